The van der Waals surface area contributed by atoms with Gasteiger partial charge in [0.2, 0.25) is 11.9 Å². The van der Waals surface area contributed by atoms with Crippen LogP contribution in [0.5, 0.6) is 5.75 Å². The fraction of sp³-hybridized carbons (Fsp3) is 0.308. The lowest BCUT2D eigenvalue weighted by Crippen LogP contribution is -2.35. The average molecular weight is 472 g/mol. The first-order valence-corrected chi connectivity index (χ1v) is 11.9. The van der Waals surface area contributed by atoms with E-state index in [0.29, 0.717) is 35.3 Å². The van der Waals surface area contributed by atoms with E-state index in [1.54, 1.807) is 13.3 Å². The van der Waals surface area contributed by atoms with Crippen molar-refractivity contribution >= 4 is 17.6 Å². The van der Waals surface area contributed by atoms with Gasteiger partial charge in [0.1, 0.15) is 5.75 Å². The van der Waals surface area contributed by atoms with Gasteiger partial charge < -0.3 is 19.8 Å². The number of hydrogen-bond donors (Lipinski definition) is 2. The maximum atomic E-state index is 5.58. The molecule has 1 atom stereocenters. The van der Waals surface area contributed by atoms with Gasteiger partial charge in [0, 0.05) is 29.9 Å². The van der Waals surface area contributed by atoms with Crippen molar-refractivity contribution in [3.05, 3.63) is 61.1 Å². The van der Waals surface area contributed by atoms with Crippen molar-refractivity contribution in [2.75, 3.05) is 37.4 Å². The molecule has 1 fully saturated rings. The highest BCUT2D eigenvalue weighted by atomic mass is 16.5. The summed E-state index contributed by atoms with van der Waals surface area (Å²) in [5.74, 6) is 2.90. The second kappa shape index (κ2) is 10.5. The Morgan fingerprint density at radius 1 is 1.09 bits per heavy atom. The van der Waals surface area contributed by atoms with Gasteiger partial charge in [0.05, 0.1) is 18.9 Å². The van der Waals surface area contributed by atoms with E-state index in [4.69, 9.17) is 14.1 Å². The summed E-state index contributed by atoms with van der Waals surface area (Å²) in [6.07, 6.45) is 5.47. The van der Waals surface area contributed by atoms with E-state index in [-0.39, 0.29) is 0 Å². The zero-order valence-corrected chi connectivity index (χ0v) is 19.9. The molecule has 4 aromatic rings. The molecule has 5 rings (SSSR count). The van der Waals surface area contributed by atoms with Gasteiger partial charge in [-0.05, 0) is 38.1 Å². The third-order valence-electron chi connectivity index (χ3n) is 6.22. The highest BCUT2D eigenvalue weighted by Crippen LogP contribution is 2.33. The molecule has 9 heteroatoms. The van der Waals surface area contributed by atoms with Crippen LogP contribution in [0.25, 0.3) is 22.7 Å². The SMILES string of the molecule is CCN1CCCC1CNc1nc(Nc2ccc(-c3cnco3)c(OC)c2)nc(-c2ccccc2)n1. The predicted molar refractivity (Wildman–Crippen MR) is 136 cm³/mol. The summed E-state index contributed by atoms with van der Waals surface area (Å²) in [6, 6.07) is 16.1. The van der Waals surface area contributed by atoms with E-state index < -0.39 is 0 Å². The van der Waals surface area contributed by atoms with Crippen LogP contribution in [0.2, 0.25) is 0 Å². The van der Waals surface area contributed by atoms with Crippen molar-refractivity contribution in [3.8, 4) is 28.5 Å². The number of benzene rings is 2. The molecule has 3 heterocycles. The van der Waals surface area contributed by atoms with Gasteiger partial charge in [0.25, 0.3) is 0 Å². The molecule has 9 nitrogen and oxygen atoms in total. The molecule has 1 aliphatic heterocycles. The number of ether oxygens (including phenoxy) is 1. The lowest BCUT2D eigenvalue weighted by Gasteiger charge is -2.23. The maximum Gasteiger partial charge on any atom is 0.232 e. The predicted octanol–water partition coefficient (Wildman–Crippen LogP) is 4.84. The van der Waals surface area contributed by atoms with Crippen LogP contribution in [0.1, 0.15) is 19.8 Å². The molecule has 35 heavy (non-hydrogen) atoms. The van der Waals surface area contributed by atoms with E-state index in [9.17, 15) is 0 Å². The standard InChI is InChI=1S/C26H29N7O2/c1-3-33-13-7-10-20(33)15-28-25-30-24(18-8-5-4-6-9-18)31-26(32-25)29-19-11-12-21(22(14-19)34-2)23-16-27-17-35-23/h4-6,8-9,11-12,14,16-17,20H,3,7,10,13,15H2,1-2H3,(H2,28,29,30,31,32). The quantitative estimate of drug-likeness (QED) is 0.355. The zero-order valence-electron chi connectivity index (χ0n) is 19.9. The normalized spacial score (nSPS) is 15.8. The van der Waals surface area contributed by atoms with E-state index in [1.807, 2.05) is 48.5 Å². The van der Waals surface area contributed by atoms with Gasteiger partial charge >= 0.3 is 0 Å². The van der Waals surface area contributed by atoms with Gasteiger partial charge in [-0.15, -0.1) is 0 Å². The van der Waals surface area contributed by atoms with Gasteiger partial charge in [0.15, 0.2) is 18.0 Å². The Hall–Kier alpha value is -3.98. The molecule has 0 aliphatic carbocycles. The van der Waals surface area contributed by atoms with Crippen molar-refractivity contribution in [1.82, 2.24) is 24.8 Å². The summed E-state index contributed by atoms with van der Waals surface area (Å²) >= 11 is 0. The highest BCUT2D eigenvalue weighted by molar-refractivity contribution is 5.71. The molecule has 0 saturated carbocycles. The summed E-state index contributed by atoms with van der Waals surface area (Å²) < 4.78 is 11.0. The topological polar surface area (TPSA) is 101 Å². The van der Waals surface area contributed by atoms with Crippen molar-refractivity contribution in [3.63, 3.8) is 0 Å². The molecule has 1 unspecified atom stereocenters. The van der Waals surface area contributed by atoms with Crippen LogP contribution in [-0.4, -0.2) is 57.6 Å². The Labute approximate surface area is 204 Å². The average Bonchev–Trinajstić information content (AvgIpc) is 3.60. The summed E-state index contributed by atoms with van der Waals surface area (Å²) in [5.41, 5.74) is 2.53. The third kappa shape index (κ3) is 5.25. The Kier molecular flexibility index (Phi) is 6.85. The first-order chi connectivity index (χ1) is 17.2. The van der Waals surface area contributed by atoms with Crippen LogP contribution in [0.3, 0.4) is 0 Å². The Morgan fingerprint density at radius 3 is 2.71 bits per heavy atom. The van der Waals surface area contributed by atoms with Crippen LogP contribution in [0.4, 0.5) is 17.6 Å². The number of anilines is 3. The van der Waals surface area contributed by atoms with Gasteiger partial charge in [-0.25, -0.2) is 4.98 Å². The van der Waals surface area contributed by atoms with Crippen LogP contribution < -0.4 is 15.4 Å². The summed E-state index contributed by atoms with van der Waals surface area (Å²) in [5, 5.41) is 6.76. The smallest absolute Gasteiger partial charge is 0.232 e. The molecule has 2 N–H and O–H groups in total. The second-order valence-corrected chi connectivity index (χ2v) is 8.38. The molecule has 0 amide bonds. The number of oxazole rings is 1. The number of methoxy groups -OCH3 is 1. The Bertz CT molecular complexity index is 1250. The first-order valence-electron chi connectivity index (χ1n) is 11.9. The fourth-order valence-electron chi connectivity index (χ4n) is 4.43. The molecular formula is C26H29N7O2. The largest absolute Gasteiger partial charge is 0.496 e. The van der Waals surface area contributed by atoms with Gasteiger partial charge in [-0.1, -0.05) is 37.3 Å². The number of nitrogens with one attached hydrogen (secondary N) is 2. The van der Waals surface area contributed by atoms with Gasteiger partial charge in [-0.3, -0.25) is 4.90 Å². The molecule has 0 bridgehead atoms. The minimum atomic E-state index is 0.453. The van der Waals surface area contributed by atoms with Crippen molar-refractivity contribution in [1.29, 1.82) is 0 Å². The highest BCUT2D eigenvalue weighted by Gasteiger charge is 2.23. The summed E-state index contributed by atoms with van der Waals surface area (Å²) in [4.78, 5) is 20.5. The number of rotatable bonds is 9. The van der Waals surface area contributed by atoms with Crippen LogP contribution in [0.15, 0.2) is 65.5 Å². The second-order valence-electron chi connectivity index (χ2n) is 8.38. The molecule has 0 spiro atoms. The van der Waals surface area contributed by atoms with Crippen molar-refractivity contribution in [2.24, 2.45) is 0 Å². The number of hydrogen-bond acceptors (Lipinski definition) is 9. The molecule has 1 saturated heterocycles. The van der Waals surface area contributed by atoms with E-state index in [0.717, 1.165) is 36.4 Å². The van der Waals surface area contributed by atoms with E-state index >= 15 is 0 Å². The fourth-order valence-corrected chi connectivity index (χ4v) is 4.43. The molecular weight excluding hydrogens is 442 g/mol. The lowest BCUT2D eigenvalue weighted by atomic mass is 10.1. The van der Waals surface area contributed by atoms with Gasteiger partial charge in [-0.2, -0.15) is 15.0 Å². The number of aromatic nitrogens is 4. The summed E-state index contributed by atoms with van der Waals surface area (Å²) in [7, 11) is 1.63. The zero-order chi connectivity index (χ0) is 24.0. The monoisotopic (exact) mass is 471 g/mol. The minimum Gasteiger partial charge on any atom is -0.496 e. The Morgan fingerprint density at radius 2 is 1.94 bits per heavy atom. The van der Waals surface area contributed by atoms with Crippen molar-refractivity contribution in [2.45, 2.75) is 25.8 Å². The van der Waals surface area contributed by atoms with E-state index in [2.05, 4.69) is 37.4 Å². The number of nitrogens with zero attached hydrogens (tertiary/aromatic N) is 5. The molecule has 2 aromatic heterocycles. The lowest BCUT2D eigenvalue weighted by molar-refractivity contribution is 0.277. The Balaban J connectivity index is 1.42. The number of likely N-dealkylation sites (tertiary alicyclic amines) is 1. The van der Waals surface area contributed by atoms with E-state index in [1.165, 1.54) is 19.2 Å². The maximum absolute atomic E-state index is 5.58. The van der Waals surface area contributed by atoms with Crippen LogP contribution in [0, 0.1) is 0 Å². The first kappa shape index (κ1) is 22.8. The van der Waals surface area contributed by atoms with Crippen LogP contribution >= 0.6 is 0 Å². The number of likely N-dealkylation sites (N-methyl/N-ethyl adjacent to an activating group) is 1. The minimum absolute atomic E-state index is 0.453. The van der Waals surface area contributed by atoms with Crippen molar-refractivity contribution < 1.29 is 9.15 Å². The van der Waals surface area contributed by atoms with Crippen LogP contribution in [-0.2, 0) is 0 Å². The molecule has 180 valence electrons. The molecule has 1 aliphatic rings. The molecule has 2 aromatic carbocycles. The third-order valence-corrected chi connectivity index (χ3v) is 6.22. The summed E-state index contributed by atoms with van der Waals surface area (Å²) in [6.45, 7) is 5.20. The molecule has 0 radical (unpaired) electrons.